The zero-order valence-electron chi connectivity index (χ0n) is 13.2. The lowest BCUT2D eigenvalue weighted by Gasteiger charge is -2.10. The monoisotopic (exact) mass is 349 g/mol. The van der Waals surface area contributed by atoms with Gasteiger partial charge in [0.15, 0.2) is 0 Å². The summed E-state index contributed by atoms with van der Waals surface area (Å²) in [7, 11) is -3.60. The van der Waals surface area contributed by atoms with Gasteiger partial charge in [-0.1, -0.05) is 24.3 Å². The number of rotatable bonds is 5. The molecule has 3 aromatic carbocycles. The Bertz CT molecular complexity index is 1010. The van der Waals surface area contributed by atoms with Crippen LogP contribution in [0.1, 0.15) is 5.56 Å². The number of sulfonamides is 1. The second-order valence-electron chi connectivity index (χ2n) is 5.31. The van der Waals surface area contributed by atoms with E-state index in [0.29, 0.717) is 11.3 Å². The molecule has 0 atom stereocenters. The molecular formula is C19H15N3O2S. The summed E-state index contributed by atoms with van der Waals surface area (Å²) < 4.78 is 27.1. The van der Waals surface area contributed by atoms with E-state index < -0.39 is 10.0 Å². The molecule has 0 unspecified atom stereocenters. The number of nitrogens with zero attached hydrogens (tertiary/aromatic N) is 1. The first-order valence-corrected chi connectivity index (χ1v) is 9.00. The molecule has 124 valence electrons. The van der Waals surface area contributed by atoms with Gasteiger partial charge in [-0.05, 0) is 54.6 Å². The minimum atomic E-state index is -3.60. The Kier molecular flexibility index (Phi) is 4.68. The van der Waals surface area contributed by atoms with Crippen LogP contribution in [-0.2, 0) is 10.0 Å². The molecule has 0 spiro atoms. The van der Waals surface area contributed by atoms with Crippen molar-refractivity contribution in [2.24, 2.45) is 0 Å². The summed E-state index contributed by atoms with van der Waals surface area (Å²) in [5.74, 6) is 0. The first-order valence-electron chi connectivity index (χ1n) is 7.52. The highest BCUT2D eigenvalue weighted by Gasteiger charge is 2.13. The third kappa shape index (κ3) is 4.16. The van der Waals surface area contributed by atoms with Crippen molar-refractivity contribution in [2.45, 2.75) is 4.90 Å². The molecule has 0 aliphatic rings. The molecule has 0 fully saturated rings. The predicted molar refractivity (Wildman–Crippen MR) is 98.1 cm³/mol. The fourth-order valence-corrected chi connectivity index (χ4v) is 3.35. The Balaban J connectivity index is 1.73. The van der Waals surface area contributed by atoms with Gasteiger partial charge in [-0.2, -0.15) is 5.26 Å². The van der Waals surface area contributed by atoms with E-state index >= 15 is 0 Å². The van der Waals surface area contributed by atoms with E-state index in [2.05, 4.69) is 16.1 Å². The molecule has 0 saturated carbocycles. The maximum absolute atomic E-state index is 12.3. The number of anilines is 3. The van der Waals surface area contributed by atoms with E-state index in [1.165, 1.54) is 0 Å². The van der Waals surface area contributed by atoms with Gasteiger partial charge in [-0.15, -0.1) is 0 Å². The molecule has 2 N–H and O–H groups in total. The number of hydrogen-bond acceptors (Lipinski definition) is 4. The van der Waals surface area contributed by atoms with Crippen LogP contribution in [0.5, 0.6) is 0 Å². The van der Waals surface area contributed by atoms with Crippen LogP contribution in [0.3, 0.4) is 0 Å². The van der Waals surface area contributed by atoms with Crippen LogP contribution in [0.15, 0.2) is 83.8 Å². The highest BCUT2D eigenvalue weighted by Crippen LogP contribution is 2.21. The van der Waals surface area contributed by atoms with Crippen LogP contribution >= 0.6 is 0 Å². The molecule has 0 aliphatic carbocycles. The van der Waals surface area contributed by atoms with Gasteiger partial charge < -0.3 is 5.32 Å². The SMILES string of the molecule is N#Cc1cccc(Nc2ccc(NS(=O)(=O)c3ccccc3)cc2)c1. The van der Waals surface area contributed by atoms with Gasteiger partial charge in [-0.25, -0.2) is 8.42 Å². The smallest absolute Gasteiger partial charge is 0.261 e. The lowest BCUT2D eigenvalue weighted by atomic mass is 10.2. The topological polar surface area (TPSA) is 82.0 Å². The maximum atomic E-state index is 12.3. The molecule has 0 radical (unpaired) electrons. The van der Waals surface area contributed by atoms with Gasteiger partial charge in [0.2, 0.25) is 0 Å². The first-order chi connectivity index (χ1) is 12.1. The van der Waals surface area contributed by atoms with Crippen molar-refractivity contribution in [3.8, 4) is 6.07 Å². The number of hydrogen-bond donors (Lipinski definition) is 2. The molecule has 0 heterocycles. The standard InChI is InChI=1S/C19H15N3O2S/c20-14-15-5-4-6-18(13-15)21-16-9-11-17(12-10-16)22-25(23,24)19-7-2-1-3-8-19/h1-13,21-22H. The average Bonchev–Trinajstić information content (AvgIpc) is 2.64. The number of benzene rings is 3. The van der Waals surface area contributed by atoms with Gasteiger partial charge in [0, 0.05) is 17.1 Å². The molecule has 5 nitrogen and oxygen atoms in total. The predicted octanol–water partition coefficient (Wildman–Crippen LogP) is 4.10. The largest absolute Gasteiger partial charge is 0.355 e. The molecule has 0 amide bonds. The Morgan fingerprint density at radius 3 is 2.12 bits per heavy atom. The van der Waals surface area contributed by atoms with Crippen molar-refractivity contribution >= 4 is 27.1 Å². The summed E-state index contributed by atoms with van der Waals surface area (Å²) in [6.07, 6.45) is 0. The molecule has 0 bridgehead atoms. The maximum Gasteiger partial charge on any atom is 0.261 e. The lowest BCUT2D eigenvalue weighted by molar-refractivity contribution is 0.601. The molecule has 0 saturated heterocycles. The second kappa shape index (κ2) is 7.07. The van der Waals surface area contributed by atoms with Crippen LogP contribution < -0.4 is 10.0 Å². The molecule has 3 rings (SSSR count). The molecular weight excluding hydrogens is 334 g/mol. The molecule has 6 heteroatoms. The molecule has 25 heavy (non-hydrogen) atoms. The fraction of sp³-hybridized carbons (Fsp3) is 0. The van der Waals surface area contributed by atoms with Crippen LogP contribution in [-0.4, -0.2) is 8.42 Å². The average molecular weight is 349 g/mol. The van der Waals surface area contributed by atoms with Crippen molar-refractivity contribution in [3.63, 3.8) is 0 Å². The van der Waals surface area contributed by atoms with Gasteiger partial charge in [-0.3, -0.25) is 4.72 Å². The molecule has 0 aliphatic heterocycles. The summed E-state index contributed by atoms with van der Waals surface area (Å²) in [4.78, 5) is 0.213. The van der Waals surface area contributed by atoms with E-state index in [1.54, 1.807) is 72.8 Å². The van der Waals surface area contributed by atoms with Crippen LogP contribution in [0.25, 0.3) is 0 Å². The number of nitrogens with one attached hydrogen (secondary N) is 2. The van der Waals surface area contributed by atoms with Gasteiger partial charge in [0.1, 0.15) is 0 Å². The lowest BCUT2D eigenvalue weighted by Crippen LogP contribution is -2.12. The summed E-state index contributed by atoms with van der Waals surface area (Å²) in [5, 5.41) is 12.1. The second-order valence-corrected chi connectivity index (χ2v) is 7.00. The van der Waals surface area contributed by atoms with E-state index in [9.17, 15) is 8.42 Å². The third-order valence-corrected chi connectivity index (χ3v) is 4.87. The van der Waals surface area contributed by atoms with E-state index in [0.717, 1.165) is 11.4 Å². The van der Waals surface area contributed by atoms with Crippen molar-refractivity contribution in [2.75, 3.05) is 10.0 Å². The highest BCUT2D eigenvalue weighted by atomic mass is 32.2. The molecule has 0 aromatic heterocycles. The Labute approximate surface area is 146 Å². The molecule has 3 aromatic rings. The Morgan fingerprint density at radius 1 is 0.760 bits per heavy atom. The summed E-state index contributed by atoms with van der Waals surface area (Å²) >= 11 is 0. The first kappa shape index (κ1) is 16.6. The Hall–Kier alpha value is -3.30. The van der Waals surface area contributed by atoms with E-state index in [-0.39, 0.29) is 4.90 Å². The van der Waals surface area contributed by atoms with Crippen LogP contribution in [0, 0.1) is 11.3 Å². The fourth-order valence-electron chi connectivity index (χ4n) is 2.27. The van der Waals surface area contributed by atoms with Crippen molar-refractivity contribution in [1.29, 1.82) is 5.26 Å². The van der Waals surface area contributed by atoms with Crippen LogP contribution in [0.2, 0.25) is 0 Å². The quantitative estimate of drug-likeness (QED) is 0.726. The zero-order valence-corrected chi connectivity index (χ0v) is 14.0. The Morgan fingerprint density at radius 2 is 1.44 bits per heavy atom. The van der Waals surface area contributed by atoms with Crippen molar-refractivity contribution in [1.82, 2.24) is 0 Å². The summed E-state index contributed by atoms with van der Waals surface area (Å²) in [6.45, 7) is 0. The van der Waals surface area contributed by atoms with Gasteiger partial charge >= 0.3 is 0 Å². The van der Waals surface area contributed by atoms with Crippen LogP contribution in [0.4, 0.5) is 17.1 Å². The van der Waals surface area contributed by atoms with Gasteiger partial charge in [0.05, 0.1) is 16.5 Å². The van der Waals surface area contributed by atoms with Gasteiger partial charge in [0.25, 0.3) is 10.0 Å². The normalized spacial score (nSPS) is 10.7. The van der Waals surface area contributed by atoms with E-state index in [1.807, 2.05) is 6.07 Å². The number of nitriles is 1. The van der Waals surface area contributed by atoms with Crippen molar-refractivity contribution < 1.29 is 8.42 Å². The van der Waals surface area contributed by atoms with E-state index in [4.69, 9.17) is 5.26 Å². The minimum Gasteiger partial charge on any atom is -0.355 e. The summed E-state index contributed by atoms with van der Waals surface area (Å²) in [5.41, 5.74) is 2.62. The summed E-state index contributed by atoms with van der Waals surface area (Å²) in [6, 6.07) is 24.3. The van der Waals surface area contributed by atoms with Crippen molar-refractivity contribution in [3.05, 3.63) is 84.4 Å². The third-order valence-electron chi connectivity index (χ3n) is 3.47. The highest BCUT2D eigenvalue weighted by molar-refractivity contribution is 7.92. The zero-order chi connectivity index (χ0) is 17.7. The minimum absolute atomic E-state index is 0.213.